The predicted molar refractivity (Wildman–Crippen MR) is 79.5 cm³/mol. The van der Waals surface area contributed by atoms with E-state index in [0.717, 1.165) is 16.2 Å². The van der Waals surface area contributed by atoms with E-state index in [0.29, 0.717) is 10.6 Å². The van der Waals surface area contributed by atoms with Crippen molar-refractivity contribution < 1.29 is 14.3 Å². The number of ether oxygens (including phenoxy) is 1. The first-order valence-corrected chi connectivity index (χ1v) is 6.68. The second kappa shape index (κ2) is 5.75. The fourth-order valence-electron chi connectivity index (χ4n) is 1.75. The van der Waals surface area contributed by atoms with E-state index in [1.54, 1.807) is 13.2 Å². The van der Waals surface area contributed by atoms with E-state index in [4.69, 9.17) is 10.5 Å². The molecule has 0 spiro atoms. The van der Waals surface area contributed by atoms with Gasteiger partial charge in [0.15, 0.2) is 5.78 Å². The van der Waals surface area contributed by atoms with E-state index in [-0.39, 0.29) is 5.78 Å². The molecule has 1 aromatic heterocycles. The summed E-state index contributed by atoms with van der Waals surface area (Å²) >= 11 is 1.31. The van der Waals surface area contributed by atoms with Crippen molar-refractivity contribution in [2.45, 2.75) is 6.92 Å². The van der Waals surface area contributed by atoms with Gasteiger partial charge in [-0.15, -0.1) is 11.3 Å². The number of benzene rings is 1. The fraction of sp³-hybridized carbons (Fsp3) is 0.143. The van der Waals surface area contributed by atoms with Crippen LogP contribution in [0.3, 0.4) is 0 Å². The van der Waals surface area contributed by atoms with Gasteiger partial charge in [0.1, 0.15) is 10.8 Å². The number of urea groups is 1. The minimum absolute atomic E-state index is 0.121. The highest BCUT2D eigenvalue weighted by molar-refractivity contribution is 7.20. The molecule has 104 valence electrons. The third-order valence-corrected chi connectivity index (χ3v) is 3.82. The molecule has 0 fully saturated rings. The monoisotopic (exact) mass is 290 g/mol. The van der Waals surface area contributed by atoms with Crippen molar-refractivity contribution in [2.24, 2.45) is 5.73 Å². The molecule has 0 atom stereocenters. The molecule has 2 aromatic rings. The molecule has 0 unspecified atom stereocenters. The molecule has 1 heterocycles. The number of hydrogen-bond acceptors (Lipinski definition) is 4. The summed E-state index contributed by atoms with van der Waals surface area (Å²) < 4.78 is 5.10. The van der Waals surface area contributed by atoms with Gasteiger partial charge in [-0.3, -0.25) is 10.1 Å². The van der Waals surface area contributed by atoms with E-state index in [2.05, 4.69) is 5.32 Å². The van der Waals surface area contributed by atoms with Gasteiger partial charge < -0.3 is 10.5 Å². The smallest absolute Gasteiger partial charge is 0.317 e. The number of rotatable bonds is 4. The van der Waals surface area contributed by atoms with E-state index in [1.165, 1.54) is 18.3 Å². The number of amides is 2. The van der Waals surface area contributed by atoms with Crippen molar-refractivity contribution in [3.05, 3.63) is 35.9 Å². The lowest BCUT2D eigenvalue weighted by molar-refractivity contribution is 0.101. The van der Waals surface area contributed by atoms with Gasteiger partial charge in [-0.2, -0.15) is 0 Å². The van der Waals surface area contributed by atoms with Crippen LogP contribution < -0.4 is 15.8 Å². The Morgan fingerprint density at radius 1 is 1.25 bits per heavy atom. The number of thiophene rings is 1. The lowest BCUT2D eigenvalue weighted by Gasteiger charge is -2.01. The zero-order chi connectivity index (χ0) is 14.7. The van der Waals surface area contributed by atoms with E-state index < -0.39 is 6.03 Å². The predicted octanol–water partition coefficient (Wildman–Crippen LogP) is 3.12. The van der Waals surface area contributed by atoms with Crippen LogP contribution in [0, 0.1) is 0 Å². The highest BCUT2D eigenvalue weighted by Gasteiger charge is 2.15. The third kappa shape index (κ3) is 2.97. The highest BCUT2D eigenvalue weighted by Crippen LogP contribution is 2.36. The average Bonchev–Trinajstić information content (AvgIpc) is 2.82. The van der Waals surface area contributed by atoms with E-state index in [1.807, 2.05) is 24.3 Å². The van der Waals surface area contributed by atoms with Crippen molar-refractivity contribution in [3.8, 4) is 16.2 Å². The molecule has 0 saturated carbocycles. The Labute approximate surface area is 120 Å². The second-order valence-corrected chi connectivity index (χ2v) is 5.18. The molecule has 0 aliphatic carbocycles. The molecule has 0 radical (unpaired) electrons. The standard InChI is InChI=1S/C14H14N2O3S/c1-8(17)11-7-12(20-13(11)16-14(15)18)9-3-5-10(19-2)6-4-9/h3-7H,1-2H3,(H3,15,16,18). The molecule has 0 aliphatic rings. The van der Waals surface area contributed by atoms with Gasteiger partial charge in [0.25, 0.3) is 0 Å². The van der Waals surface area contributed by atoms with Crippen LogP contribution in [-0.4, -0.2) is 18.9 Å². The Morgan fingerprint density at radius 2 is 1.90 bits per heavy atom. The summed E-state index contributed by atoms with van der Waals surface area (Å²) in [5.41, 5.74) is 6.51. The molecular weight excluding hydrogens is 276 g/mol. The van der Waals surface area contributed by atoms with Crippen LogP contribution in [0.15, 0.2) is 30.3 Å². The molecule has 5 nitrogen and oxygen atoms in total. The summed E-state index contributed by atoms with van der Waals surface area (Å²) in [6.07, 6.45) is 0. The summed E-state index contributed by atoms with van der Waals surface area (Å²) in [5.74, 6) is 0.636. The normalized spacial score (nSPS) is 10.1. The molecule has 0 saturated heterocycles. The summed E-state index contributed by atoms with van der Waals surface area (Å²) in [5, 5.41) is 2.95. The molecule has 6 heteroatoms. The van der Waals surface area contributed by atoms with Crippen molar-refractivity contribution in [2.75, 3.05) is 12.4 Å². The summed E-state index contributed by atoms with van der Waals surface area (Å²) in [6, 6.07) is 8.52. The van der Waals surface area contributed by atoms with Crippen molar-refractivity contribution >= 4 is 28.2 Å². The number of hydrogen-bond donors (Lipinski definition) is 2. The van der Waals surface area contributed by atoms with Gasteiger partial charge in [0.2, 0.25) is 0 Å². The van der Waals surface area contributed by atoms with Gasteiger partial charge in [-0.1, -0.05) is 0 Å². The first-order valence-electron chi connectivity index (χ1n) is 5.87. The Balaban J connectivity index is 2.41. The fourth-order valence-corrected chi connectivity index (χ4v) is 2.87. The SMILES string of the molecule is COc1ccc(-c2cc(C(C)=O)c(NC(N)=O)s2)cc1. The summed E-state index contributed by atoms with van der Waals surface area (Å²) in [6.45, 7) is 1.45. The summed E-state index contributed by atoms with van der Waals surface area (Å²) in [7, 11) is 1.60. The zero-order valence-corrected chi connectivity index (χ0v) is 11.9. The van der Waals surface area contributed by atoms with Crippen LogP contribution in [-0.2, 0) is 0 Å². The lowest BCUT2D eigenvalue weighted by Crippen LogP contribution is -2.19. The molecule has 0 bridgehead atoms. The number of carbonyl (C=O) groups excluding carboxylic acids is 2. The molecule has 2 rings (SSSR count). The summed E-state index contributed by atoms with van der Waals surface area (Å²) in [4.78, 5) is 23.4. The topological polar surface area (TPSA) is 81.4 Å². The maximum atomic E-state index is 11.6. The molecular formula is C14H14N2O3S. The maximum absolute atomic E-state index is 11.6. The number of methoxy groups -OCH3 is 1. The van der Waals surface area contributed by atoms with Gasteiger partial charge in [0, 0.05) is 4.88 Å². The van der Waals surface area contributed by atoms with Gasteiger partial charge in [0.05, 0.1) is 12.7 Å². The minimum Gasteiger partial charge on any atom is -0.497 e. The molecule has 2 amide bonds. The van der Waals surface area contributed by atoms with Crippen LogP contribution in [0.5, 0.6) is 5.75 Å². The Bertz CT molecular complexity index is 647. The number of primary amides is 1. The molecule has 20 heavy (non-hydrogen) atoms. The number of nitrogens with two attached hydrogens (primary N) is 1. The van der Waals surface area contributed by atoms with Crippen LogP contribution in [0.2, 0.25) is 0 Å². The van der Waals surface area contributed by atoms with E-state index >= 15 is 0 Å². The van der Waals surface area contributed by atoms with Gasteiger partial charge in [-0.25, -0.2) is 4.79 Å². The molecule has 1 aromatic carbocycles. The van der Waals surface area contributed by atoms with Gasteiger partial charge in [-0.05, 0) is 42.8 Å². The van der Waals surface area contributed by atoms with Crippen LogP contribution in [0.4, 0.5) is 9.80 Å². The quantitative estimate of drug-likeness (QED) is 0.849. The minimum atomic E-state index is -0.685. The lowest BCUT2D eigenvalue weighted by atomic mass is 10.1. The molecule has 0 aliphatic heterocycles. The number of carbonyl (C=O) groups is 2. The van der Waals surface area contributed by atoms with Crippen molar-refractivity contribution in [3.63, 3.8) is 0 Å². The molecule has 3 N–H and O–H groups in total. The van der Waals surface area contributed by atoms with Crippen LogP contribution >= 0.6 is 11.3 Å². The van der Waals surface area contributed by atoms with Crippen LogP contribution in [0.1, 0.15) is 17.3 Å². The maximum Gasteiger partial charge on any atom is 0.317 e. The van der Waals surface area contributed by atoms with Crippen molar-refractivity contribution in [1.82, 2.24) is 0 Å². The van der Waals surface area contributed by atoms with E-state index in [9.17, 15) is 9.59 Å². The average molecular weight is 290 g/mol. The largest absolute Gasteiger partial charge is 0.497 e. The van der Waals surface area contributed by atoms with Crippen LogP contribution in [0.25, 0.3) is 10.4 Å². The number of anilines is 1. The first kappa shape index (κ1) is 14.1. The second-order valence-electron chi connectivity index (χ2n) is 4.13. The first-order chi connectivity index (χ1) is 9.51. The van der Waals surface area contributed by atoms with Gasteiger partial charge >= 0.3 is 6.03 Å². The Morgan fingerprint density at radius 3 is 2.40 bits per heavy atom. The third-order valence-electron chi connectivity index (χ3n) is 2.72. The number of Topliss-reactive ketones (excluding diaryl/α,β-unsaturated/α-hetero) is 1. The van der Waals surface area contributed by atoms with Crippen molar-refractivity contribution in [1.29, 1.82) is 0 Å². The Kier molecular flexibility index (Phi) is 4.05. The number of nitrogens with one attached hydrogen (secondary N) is 1. The Hall–Kier alpha value is -2.34. The number of ketones is 1. The highest BCUT2D eigenvalue weighted by atomic mass is 32.1. The zero-order valence-electron chi connectivity index (χ0n) is 11.1.